The molecule has 0 saturated carbocycles. The highest BCUT2D eigenvalue weighted by Gasteiger charge is 2.16. The summed E-state index contributed by atoms with van der Waals surface area (Å²) < 4.78 is 11.5. The van der Waals surface area contributed by atoms with Gasteiger partial charge in [0.1, 0.15) is 5.75 Å². The number of phenolic OH excluding ortho intramolecular Hbond substituents is 1. The van der Waals surface area contributed by atoms with Crippen LogP contribution in [-0.2, 0) is 13.1 Å². The van der Waals surface area contributed by atoms with Crippen LogP contribution in [0.15, 0.2) is 40.9 Å². The molecule has 0 fully saturated rings. The molecule has 0 bridgehead atoms. The zero-order valence-electron chi connectivity index (χ0n) is 10.7. The first-order chi connectivity index (χ1) is 9.75. The van der Waals surface area contributed by atoms with Crippen molar-refractivity contribution in [2.75, 3.05) is 6.79 Å². The number of halogens is 1. The second kappa shape index (κ2) is 5.73. The Labute approximate surface area is 125 Å². The summed E-state index contributed by atoms with van der Waals surface area (Å²) in [5.74, 6) is 1.87. The van der Waals surface area contributed by atoms with E-state index < -0.39 is 0 Å². The van der Waals surface area contributed by atoms with E-state index in [-0.39, 0.29) is 12.5 Å². The first-order valence-corrected chi connectivity index (χ1v) is 7.09. The SMILES string of the molecule is Oc1c(Br)cccc1CNCc1cccc2c1OCO2. The quantitative estimate of drug-likeness (QED) is 0.901. The van der Waals surface area contributed by atoms with E-state index in [1.165, 1.54) is 0 Å². The zero-order valence-corrected chi connectivity index (χ0v) is 12.3. The second-order valence-electron chi connectivity index (χ2n) is 4.50. The Kier molecular flexibility index (Phi) is 3.80. The van der Waals surface area contributed by atoms with Crippen molar-refractivity contribution in [2.45, 2.75) is 13.1 Å². The lowest BCUT2D eigenvalue weighted by Crippen LogP contribution is -2.13. The number of hydrogen-bond donors (Lipinski definition) is 2. The van der Waals surface area contributed by atoms with Crippen LogP contribution in [0, 0.1) is 0 Å². The van der Waals surface area contributed by atoms with Crippen LogP contribution in [0.3, 0.4) is 0 Å². The molecule has 2 N–H and O–H groups in total. The molecule has 1 heterocycles. The van der Waals surface area contributed by atoms with Crippen LogP contribution >= 0.6 is 15.9 Å². The number of phenols is 1. The molecule has 5 heteroatoms. The Morgan fingerprint density at radius 1 is 1.05 bits per heavy atom. The zero-order chi connectivity index (χ0) is 13.9. The standard InChI is InChI=1S/C15H14BrNO3/c16-12-5-1-3-10(14(12)18)7-17-8-11-4-2-6-13-15(11)20-9-19-13/h1-6,17-18H,7-9H2. The highest BCUT2D eigenvalue weighted by Crippen LogP contribution is 2.35. The topological polar surface area (TPSA) is 50.7 Å². The fraction of sp³-hybridized carbons (Fsp3) is 0.200. The molecule has 0 radical (unpaired) electrons. The van der Waals surface area contributed by atoms with Gasteiger partial charge in [-0.3, -0.25) is 0 Å². The van der Waals surface area contributed by atoms with Crippen molar-refractivity contribution in [1.29, 1.82) is 0 Å². The average molecular weight is 336 g/mol. The molecule has 0 amide bonds. The van der Waals surface area contributed by atoms with Gasteiger partial charge in [-0.2, -0.15) is 0 Å². The third-order valence-corrected chi connectivity index (χ3v) is 3.82. The summed E-state index contributed by atoms with van der Waals surface area (Å²) in [6.07, 6.45) is 0. The fourth-order valence-corrected chi connectivity index (χ4v) is 2.57. The van der Waals surface area contributed by atoms with Gasteiger partial charge in [-0.15, -0.1) is 0 Å². The molecule has 0 aromatic heterocycles. The van der Waals surface area contributed by atoms with Gasteiger partial charge in [-0.1, -0.05) is 24.3 Å². The van der Waals surface area contributed by atoms with Gasteiger partial charge in [-0.25, -0.2) is 0 Å². The largest absolute Gasteiger partial charge is 0.506 e. The molecule has 104 valence electrons. The summed E-state index contributed by atoms with van der Waals surface area (Å²) in [5, 5.41) is 13.2. The van der Waals surface area contributed by atoms with Gasteiger partial charge in [0, 0.05) is 24.2 Å². The fourth-order valence-electron chi connectivity index (χ4n) is 2.16. The van der Waals surface area contributed by atoms with Gasteiger partial charge in [0.2, 0.25) is 6.79 Å². The van der Waals surface area contributed by atoms with Crippen LogP contribution < -0.4 is 14.8 Å². The van der Waals surface area contributed by atoms with Crippen molar-refractivity contribution >= 4 is 15.9 Å². The Hall–Kier alpha value is -1.72. The molecular formula is C15H14BrNO3. The first kappa shape index (κ1) is 13.3. The van der Waals surface area contributed by atoms with Crippen LogP contribution in [0.5, 0.6) is 17.2 Å². The molecule has 1 aliphatic heterocycles. The highest BCUT2D eigenvalue weighted by atomic mass is 79.9. The van der Waals surface area contributed by atoms with E-state index in [0.717, 1.165) is 22.6 Å². The number of ether oxygens (including phenoxy) is 2. The van der Waals surface area contributed by atoms with E-state index in [0.29, 0.717) is 17.6 Å². The molecule has 2 aromatic carbocycles. The van der Waals surface area contributed by atoms with Gasteiger partial charge in [0.05, 0.1) is 4.47 Å². The molecule has 1 aliphatic rings. The van der Waals surface area contributed by atoms with Crippen molar-refractivity contribution in [3.05, 3.63) is 52.0 Å². The van der Waals surface area contributed by atoms with Crippen molar-refractivity contribution < 1.29 is 14.6 Å². The van der Waals surface area contributed by atoms with Gasteiger partial charge < -0.3 is 19.9 Å². The lowest BCUT2D eigenvalue weighted by molar-refractivity contribution is 0.173. The van der Waals surface area contributed by atoms with Crippen LogP contribution in [0.25, 0.3) is 0 Å². The smallest absolute Gasteiger partial charge is 0.231 e. The number of para-hydroxylation sites is 2. The third-order valence-electron chi connectivity index (χ3n) is 3.18. The summed E-state index contributed by atoms with van der Waals surface area (Å²) in [4.78, 5) is 0. The minimum atomic E-state index is 0.276. The van der Waals surface area contributed by atoms with E-state index in [4.69, 9.17) is 9.47 Å². The summed E-state index contributed by atoms with van der Waals surface area (Å²) in [5.41, 5.74) is 1.90. The van der Waals surface area contributed by atoms with E-state index in [9.17, 15) is 5.11 Å². The molecule has 2 aromatic rings. The van der Waals surface area contributed by atoms with E-state index in [2.05, 4.69) is 21.2 Å². The molecule has 0 spiro atoms. The Morgan fingerprint density at radius 3 is 2.70 bits per heavy atom. The lowest BCUT2D eigenvalue weighted by Gasteiger charge is -2.09. The minimum absolute atomic E-state index is 0.276. The summed E-state index contributed by atoms with van der Waals surface area (Å²) in [6.45, 7) is 1.51. The highest BCUT2D eigenvalue weighted by molar-refractivity contribution is 9.10. The van der Waals surface area contributed by atoms with Gasteiger partial charge in [0.25, 0.3) is 0 Å². The third kappa shape index (κ3) is 2.59. The number of rotatable bonds is 4. The monoisotopic (exact) mass is 335 g/mol. The molecule has 0 atom stereocenters. The predicted molar refractivity (Wildman–Crippen MR) is 78.9 cm³/mol. The Balaban J connectivity index is 1.66. The van der Waals surface area contributed by atoms with Crippen molar-refractivity contribution in [3.63, 3.8) is 0 Å². The van der Waals surface area contributed by atoms with Crippen molar-refractivity contribution in [1.82, 2.24) is 5.32 Å². The average Bonchev–Trinajstić information content (AvgIpc) is 2.93. The maximum atomic E-state index is 9.92. The maximum Gasteiger partial charge on any atom is 0.231 e. The minimum Gasteiger partial charge on any atom is -0.506 e. The molecule has 20 heavy (non-hydrogen) atoms. The Bertz CT molecular complexity index is 631. The Morgan fingerprint density at radius 2 is 1.80 bits per heavy atom. The first-order valence-electron chi connectivity index (χ1n) is 6.30. The number of fused-ring (bicyclic) bond motifs is 1. The van der Waals surface area contributed by atoms with E-state index >= 15 is 0 Å². The summed E-state index contributed by atoms with van der Waals surface area (Å²) in [7, 11) is 0. The van der Waals surface area contributed by atoms with Crippen LogP contribution in [0.2, 0.25) is 0 Å². The normalized spacial score (nSPS) is 12.7. The molecule has 3 rings (SSSR count). The second-order valence-corrected chi connectivity index (χ2v) is 5.36. The molecule has 0 aliphatic carbocycles. The molecule has 0 unspecified atom stereocenters. The van der Waals surface area contributed by atoms with Gasteiger partial charge >= 0.3 is 0 Å². The summed E-state index contributed by atoms with van der Waals surface area (Å²) >= 11 is 3.31. The molecule has 0 saturated heterocycles. The van der Waals surface area contributed by atoms with E-state index in [1.807, 2.05) is 36.4 Å². The van der Waals surface area contributed by atoms with Crippen LogP contribution in [0.1, 0.15) is 11.1 Å². The number of hydrogen-bond acceptors (Lipinski definition) is 4. The van der Waals surface area contributed by atoms with Crippen molar-refractivity contribution in [2.24, 2.45) is 0 Å². The van der Waals surface area contributed by atoms with Crippen molar-refractivity contribution in [3.8, 4) is 17.2 Å². The lowest BCUT2D eigenvalue weighted by atomic mass is 10.1. The van der Waals surface area contributed by atoms with Gasteiger partial charge in [-0.05, 0) is 28.1 Å². The molecular weight excluding hydrogens is 322 g/mol. The number of aromatic hydroxyl groups is 1. The summed E-state index contributed by atoms with van der Waals surface area (Å²) in [6, 6.07) is 11.4. The van der Waals surface area contributed by atoms with Gasteiger partial charge in [0.15, 0.2) is 11.5 Å². The van der Waals surface area contributed by atoms with E-state index in [1.54, 1.807) is 0 Å². The predicted octanol–water partition coefficient (Wildman–Crippen LogP) is 3.17. The van der Waals surface area contributed by atoms with Crippen LogP contribution in [0.4, 0.5) is 0 Å². The number of benzene rings is 2. The maximum absolute atomic E-state index is 9.92. The van der Waals surface area contributed by atoms with Crippen LogP contribution in [-0.4, -0.2) is 11.9 Å². The number of nitrogens with one attached hydrogen (secondary N) is 1. The molecule has 4 nitrogen and oxygen atoms in total.